The average Bonchev–Trinajstić information content (AvgIpc) is 2.84. The van der Waals surface area contributed by atoms with E-state index in [0.29, 0.717) is 23.8 Å². The number of hydrogen-bond donors (Lipinski definition) is 2. The summed E-state index contributed by atoms with van der Waals surface area (Å²) in [5, 5.41) is 7.85. The van der Waals surface area contributed by atoms with Gasteiger partial charge in [-0.05, 0) is 23.8 Å². The number of ether oxygens (including phenoxy) is 1. The number of nitrogens with two attached hydrogens (primary N) is 1. The molecule has 0 spiro atoms. The predicted molar refractivity (Wildman–Crippen MR) is 69.7 cm³/mol. The first kappa shape index (κ1) is 12.7. The molecule has 0 aliphatic rings. The Labute approximate surface area is 110 Å². The van der Waals surface area contributed by atoms with Crippen LogP contribution in [-0.2, 0) is 18.0 Å². The second kappa shape index (κ2) is 5.71. The van der Waals surface area contributed by atoms with Crippen LogP contribution in [0.4, 0.5) is 0 Å². The molecule has 0 saturated heterocycles. The van der Waals surface area contributed by atoms with Crippen molar-refractivity contribution >= 4 is 17.4 Å². The highest BCUT2D eigenvalue weighted by Gasteiger charge is 2.04. The van der Waals surface area contributed by atoms with Gasteiger partial charge in [-0.2, -0.15) is 0 Å². The van der Waals surface area contributed by atoms with Gasteiger partial charge in [-0.3, -0.25) is 5.41 Å². The number of amidine groups is 1. The molecule has 0 fully saturated rings. The standard InChI is InChI=1S/C13H13ClN2O2/c14-12-6-9(13(15)16)3-4-10(12)7-17-8-11-2-1-5-18-11/h1-6H,7-8H2,(H3,15,16). The van der Waals surface area contributed by atoms with Gasteiger partial charge in [0.1, 0.15) is 18.2 Å². The summed E-state index contributed by atoms with van der Waals surface area (Å²) < 4.78 is 10.6. The Morgan fingerprint density at radius 2 is 2.17 bits per heavy atom. The van der Waals surface area contributed by atoms with Crippen molar-refractivity contribution in [3.63, 3.8) is 0 Å². The summed E-state index contributed by atoms with van der Waals surface area (Å²) in [5.41, 5.74) is 6.84. The predicted octanol–water partition coefficient (Wildman–Crippen LogP) is 2.93. The van der Waals surface area contributed by atoms with Gasteiger partial charge in [-0.15, -0.1) is 0 Å². The normalized spacial score (nSPS) is 10.5. The van der Waals surface area contributed by atoms with Crippen LogP contribution >= 0.6 is 11.6 Å². The van der Waals surface area contributed by atoms with Crippen LogP contribution in [0, 0.1) is 5.41 Å². The molecule has 1 heterocycles. The number of nitrogens with one attached hydrogen (secondary N) is 1. The first-order chi connectivity index (χ1) is 8.66. The Balaban J connectivity index is 1.95. The Bertz CT molecular complexity index is 538. The molecule has 18 heavy (non-hydrogen) atoms. The summed E-state index contributed by atoms with van der Waals surface area (Å²) in [6.07, 6.45) is 1.60. The molecule has 2 aromatic rings. The molecule has 0 aliphatic carbocycles. The number of rotatable bonds is 5. The van der Waals surface area contributed by atoms with Crippen molar-refractivity contribution in [2.24, 2.45) is 5.73 Å². The Morgan fingerprint density at radius 3 is 2.78 bits per heavy atom. The van der Waals surface area contributed by atoms with Gasteiger partial charge in [-0.25, -0.2) is 0 Å². The van der Waals surface area contributed by atoms with Crippen molar-refractivity contribution in [2.45, 2.75) is 13.2 Å². The Kier molecular flexibility index (Phi) is 4.02. The van der Waals surface area contributed by atoms with Crippen LogP contribution in [0.3, 0.4) is 0 Å². The maximum atomic E-state index is 7.31. The van der Waals surface area contributed by atoms with E-state index in [9.17, 15) is 0 Å². The maximum absolute atomic E-state index is 7.31. The first-order valence-electron chi connectivity index (χ1n) is 5.40. The third-order valence-electron chi connectivity index (χ3n) is 2.45. The molecule has 0 saturated carbocycles. The van der Waals surface area contributed by atoms with Gasteiger partial charge in [0.2, 0.25) is 0 Å². The van der Waals surface area contributed by atoms with E-state index in [-0.39, 0.29) is 5.84 Å². The minimum absolute atomic E-state index is 0.0000427. The molecule has 1 aromatic heterocycles. The SMILES string of the molecule is N=C(N)c1ccc(COCc2ccco2)c(Cl)c1. The average molecular weight is 265 g/mol. The second-order valence-electron chi connectivity index (χ2n) is 3.79. The molecular weight excluding hydrogens is 252 g/mol. The second-order valence-corrected chi connectivity index (χ2v) is 4.20. The van der Waals surface area contributed by atoms with Gasteiger partial charge in [0.25, 0.3) is 0 Å². The summed E-state index contributed by atoms with van der Waals surface area (Å²) in [4.78, 5) is 0. The zero-order chi connectivity index (χ0) is 13.0. The van der Waals surface area contributed by atoms with Crippen LogP contribution in [-0.4, -0.2) is 5.84 Å². The minimum atomic E-state index is -0.0000427. The van der Waals surface area contributed by atoms with Crippen molar-refractivity contribution in [1.29, 1.82) is 5.41 Å². The third kappa shape index (κ3) is 3.12. The van der Waals surface area contributed by atoms with Crippen LogP contribution < -0.4 is 5.73 Å². The fourth-order valence-electron chi connectivity index (χ4n) is 1.49. The number of benzene rings is 1. The Hall–Kier alpha value is -1.78. The summed E-state index contributed by atoms with van der Waals surface area (Å²) in [5.74, 6) is 0.770. The molecule has 0 amide bonds. The van der Waals surface area contributed by atoms with Crippen molar-refractivity contribution in [3.8, 4) is 0 Å². The summed E-state index contributed by atoms with van der Waals surface area (Å²) in [7, 11) is 0. The third-order valence-corrected chi connectivity index (χ3v) is 2.80. The number of halogens is 1. The molecule has 0 atom stereocenters. The lowest BCUT2D eigenvalue weighted by atomic mass is 10.1. The van der Waals surface area contributed by atoms with E-state index in [0.717, 1.165) is 11.3 Å². The van der Waals surface area contributed by atoms with E-state index in [1.807, 2.05) is 12.1 Å². The quantitative estimate of drug-likeness (QED) is 0.644. The molecule has 0 unspecified atom stereocenters. The van der Waals surface area contributed by atoms with Gasteiger partial charge < -0.3 is 14.9 Å². The number of nitrogen functional groups attached to an aromatic ring is 1. The molecule has 0 radical (unpaired) electrons. The van der Waals surface area contributed by atoms with E-state index in [2.05, 4.69) is 0 Å². The first-order valence-corrected chi connectivity index (χ1v) is 5.77. The molecule has 94 valence electrons. The van der Waals surface area contributed by atoms with Crippen LogP contribution in [0.25, 0.3) is 0 Å². The van der Waals surface area contributed by atoms with E-state index >= 15 is 0 Å². The maximum Gasteiger partial charge on any atom is 0.129 e. The smallest absolute Gasteiger partial charge is 0.129 e. The summed E-state index contributed by atoms with van der Waals surface area (Å²) in [6, 6.07) is 8.88. The van der Waals surface area contributed by atoms with Gasteiger partial charge >= 0.3 is 0 Å². The van der Waals surface area contributed by atoms with Crippen LogP contribution in [0.1, 0.15) is 16.9 Å². The van der Waals surface area contributed by atoms with Gasteiger partial charge in [0.05, 0.1) is 12.9 Å². The monoisotopic (exact) mass is 264 g/mol. The number of hydrogen-bond acceptors (Lipinski definition) is 3. The van der Waals surface area contributed by atoms with Crippen molar-refractivity contribution in [2.75, 3.05) is 0 Å². The number of furan rings is 1. The lowest BCUT2D eigenvalue weighted by Crippen LogP contribution is -2.11. The largest absolute Gasteiger partial charge is 0.467 e. The zero-order valence-corrected chi connectivity index (χ0v) is 10.4. The molecule has 0 aliphatic heterocycles. The highest BCUT2D eigenvalue weighted by Crippen LogP contribution is 2.19. The van der Waals surface area contributed by atoms with Crippen LogP contribution in [0.2, 0.25) is 5.02 Å². The topological polar surface area (TPSA) is 72.2 Å². The molecule has 2 rings (SSSR count). The van der Waals surface area contributed by atoms with E-state index < -0.39 is 0 Å². The lowest BCUT2D eigenvalue weighted by Gasteiger charge is -2.07. The van der Waals surface area contributed by atoms with Gasteiger partial charge in [0, 0.05) is 10.6 Å². The molecular formula is C13H13ClN2O2. The van der Waals surface area contributed by atoms with E-state index in [1.54, 1.807) is 24.5 Å². The minimum Gasteiger partial charge on any atom is -0.467 e. The van der Waals surface area contributed by atoms with Crippen molar-refractivity contribution in [3.05, 3.63) is 58.5 Å². The zero-order valence-electron chi connectivity index (χ0n) is 9.65. The molecule has 0 bridgehead atoms. The molecule has 4 nitrogen and oxygen atoms in total. The van der Waals surface area contributed by atoms with E-state index in [4.69, 9.17) is 31.9 Å². The lowest BCUT2D eigenvalue weighted by molar-refractivity contribution is 0.0930. The molecule has 1 aromatic carbocycles. The van der Waals surface area contributed by atoms with Crippen LogP contribution in [0.5, 0.6) is 0 Å². The van der Waals surface area contributed by atoms with Gasteiger partial charge in [-0.1, -0.05) is 23.7 Å². The van der Waals surface area contributed by atoms with Crippen molar-refractivity contribution in [1.82, 2.24) is 0 Å². The highest BCUT2D eigenvalue weighted by atomic mass is 35.5. The van der Waals surface area contributed by atoms with E-state index in [1.165, 1.54) is 0 Å². The molecule has 5 heteroatoms. The highest BCUT2D eigenvalue weighted by molar-refractivity contribution is 6.31. The fraction of sp³-hybridized carbons (Fsp3) is 0.154. The van der Waals surface area contributed by atoms with Gasteiger partial charge in [0.15, 0.2) is 0 Å². The summed E-state index contributed by atoms with van der Waals surface area (Å²) in [6.45, 7) is 0.787. The van der Waals surface area contributed by atoms with Crippen molar-refractivity contribution < 1.29 is 9.15 Å². The Morgan fingerprint density at radius 1 is 1.33 bits per heavy atom. The fourth-order valence-corrected chi connectivity index (χ4v) is 1.72. The van der Waals surface area contributed by atoms with Crippen LogP contribution in [0.15, 0.2) is 41.0 Å². The molecule has 3 N–H and O–H groups in total. The summed E-state index contributed by atoms with van der Waals surface area (Å²) >= 11 is 6.08.